The van der Waals surface area contributed by atoms with Gasteiger partial charge in [-0.3, -0.25) is 4.79 Å². The number of ether oxygens (including phenoxy) is 1. The highest BCUT2D eigenvalue weighted by molar-refractivity contribution is 5.89. The second kappa shape index (κ2) is 7.78. The number of amides is 1. The van der Waals surface area contributed by atoms with Crippen LogP contribution in [-0.4, -0.2) is 39.0 Å². The number of carbonyl (C=O) groups excluding carboxylic acids is 1. The van der Waals surface area contributed by atoms with Gasteiger partial charge in [0.25, 0.3) is 5.91 Å². The molecule has 1 aromatic heterocycles. The standard InChI is InChI=1S/C15H13F3N4O3/c16-15(17,18)11-4-1-10(2-5-11)3-6-12-20-14(13(19)24)22(21-12)9-25-8-7-23/h1-2,4-5,23H,7-9H2,(H2,19,24). The zero-order valence-corrected chi connectivity index (χ0v) is 12.7. The Balaban J connectivity index is 2.19. The molecule has 0 atom stereocenters. The molecule has 3 N–H and O–H groups in total. The van der Waals surface area contributed by atoms with Crippen LogP contribution < -0.4 is 5.73 Å². The van der Waals surface area contributed by atoms with Crippen molar-refractivity contribution in [3.8, 4) is 11.8 Å². The van der Waals surface area contributed by atoms with E-state index < -0.39 is 17.6 Å². The van der Waals surface area contributed by atoms with Crippen molar-refractivity contribution in [2.24, 2.45) is 5.73 Å². The van der Waals surface area contributed by atoms with Crippen molar-refractivity contribution in [2.75, 3.05) is 13.2 Å². The summed E-state index contributed by atoms with van der Waals surface area (Å²) in [5, 5.41) is 12.6. The Bertz CT molecular complexity index is 804. The molecule has 0 saturated heterocycles. The Labute approximate surface area is 140 Å². The van der Waals surface area contributed by atoms with Crippen molar-refractivity contribution in [1.82, 2.24) is 14.8 Å². The van der Waals surface area contributed by atoms with Gasteiger partial charge in [0.15, 0.2) is 0 Å². The number of halogens is 3. The van der Waals surface area contributed by atoms with Gasteiger partial charge in [-0.1, -0.05) is 5.92 Å². The average Bonchev–Trinajstić information content (AvgIpc) is 2.96. The summed E-state index contributed by atoms with van der Waals surface area (Å²) in [5.41, 5.74) is 4.72. The maximum atomic E-state index is 12.5. The lowest BCUT2D eigenvalue weighted by atomic mass is 10.1. The molecular weight excluding hydrogens is 341 g/mol. The van der Waals surface area contributed by atoms with Gasteiger partial charge in [-0.15, -0.1) is 5.10 Å². The third-order valence-corrected chi connectivity index (χ3v) is 2.87. The average molecular weight is 354 g/mol. The highest BCUT2D eigenvalue weighted by Gasteiger charge is 2.29. The summed E-state index contributed by atoms with van der Waals surface area (Å²) in [5.74, 6) is 4.07. The van der Waals surface area contributed by atoms with Crippen molar-refractivity contribution in [2.45, 2.75) is 12.9 Å². The highest BCUT2D eigenvalue weighted by Crippen LogP contribution is 2.28. The summed E-state index contributed by atoms with van der Waals surface area (Å²) in [6.07, 6.45) is -4.42. The van der Waals surface area contributed by atoms with Gasteiger partial charge >= 0.3 is 6.18 Å². The monoisotopic (exact) mass is 354 g/mol. The number of carbonyl (C=O) groups is 1. The van der Waals surface area contributed by atoms with E-state index in [1.165, 1.54) is 12.1 Å². The van der Waals surface area contributed by atoms with E-state index in [4.69, 9.17) is 15.6 Å². The Kier molecular flexibility index (Phi) is 5.74. The maximum absolute atomic E-state index is 12.5. The first-order valence-electron chi connectivity index (χ1n) is 6.94. The zero-order valence-electron chi connectivity index (χ0n) is 12.7. The van der Waals surface area contributed by atoms with Crippen LogP contribution in [-0.2, 0) is 17.6 Å². The topological polar surface area (TPSA) is 103 Å². The van der Waals surface area contributed by atoms with Gasteiger partial charge in [0.05, 0.1) is 18.8 Å². The van der Waals surface area contributed by atoms with E-state index in [1.54, 1.807) is 0 Å². The van der Waals surface area contributed by atoms with Crippen molar-refractivity contribution < 1.29 is 27.8 Å². The van der Waals surface area contributed by atoms with Crippen LogP contribution in [0.25, 0.3) is 0 Å². The Hall–Kier alpha value is -2.90. The summed E-state index contributed by atoms with van der Waals surface area (Å²) < 4.78 is 43.6. The molecule has 25 heavy (non-hydrogen) atoms. The van der Waals surface area contributed by atoms with Crippen LogP contribution in [0.2, 0.25) is 0 Å². The first-order valence-corrected chi connectivity index (χ1v) is 6.94. The molecule has 0 unspecified atom stereocenters. The van der Waals surface area contributed by atoms with E-state index in [9.17, 15) is 18.0 Å². The predicted molar refractivity (Wildman–Crippen MR) is 79.0 cm³/mol. The second-order valence-corrected chi connectivity index (χ2v) is 4.71. The van der Waals surface area contributed by atoms with Crippen molar-refractivity contribution >= 4 is 5.91 Å². The molecule has 2 aromatic rings. The fraction of sp³-hybridized carbons (Fsp3) is 0.267. The lowest BCUT2D eigenvalue weighted by Crippen LogP contribution is -2.20. The van der Waals surface area contributed by atoms with E-state index >= 15 is 0 Å². The van der Waals surface area contributed by atoms with Crippen LogP contribution in [0, 0.1) is 11.8 Å². The number of primary amides is 1. The van der Waals surface area contributed by atoms with E-state index in [-0.39, 0.29) is 31.6 Å². The van der Waals surface area contributed by atoms with Crippen LogP contribution >= 0.6 is 0 Å². The molecule has 0 bridgehead atoms. The number of alkyl halides is 3. The molecule has 2 rings (SSSR count). The SMILES string of the molecule is NC(=O)c1nc(C#Cc2ccc(C(F)(F)F)cc2)nn1COCCO. The van der Waals surface area contributed by atoms with Gasteiger partial charge < -0.3 is 15.6 Å². The number of aliphatic hydroxyl groups is 1. The lowest BCUT2D eigenvalue weighted by Gasteiger charge is -2.05. The molecule has 0 aliphatic rings. The van der Waals surface area contributed by atoms with Gasteiger partial charge in [-0.2, -0.15) is 18.2 Å². The number of nitrogens with two attached hydrogens (primary N) is 1. The molecule has 0 aliphatic heterocycles. The number of aliphatic hydroxyl groups excluding tert-OH is 1. The molecule has 0 aliphatic carbocycles. The van der Waals surface area contributed by atoms with Crippen molar-refractivity contribution in [3.63, 3.8) is 0 Å². The minimum atomic E-state index is -4.42. The van der Waals surface area contributed by atoms with E-state index in [2.05, 4.69) is 21.9 Å². The molecule has 0 fully saturated rings. The summed E-state index contributed by atoms with van der Waals surface area (Å²) in [6.45, 7) is -0.334. The molecule has 0 saturated carbocycles. The van der Waals surface area contributed by atoms with Crippen LogP contribution in [0.3, 0.4) is 0 Å². The molecule has 1 amide bonds. The van der Waals surface area contributed by atoms with Gasteiger partial charge in [-0.25, -0.2) is 4.68 Å². The highest BCUT2D eigenvalue weighted by atomic mass is 19.4. The fourth-order valence-corrected chi connectivity index (χ4v) is 1.75. The smallest absolute Gasteiger partial charge is 0.394 e. The molecular formula is C15H13F3N4O3. The number of hydrogen-bond donors (Lipinski definition) is 2. The number of hydrogen-bond acceptors (Lipinski definition) is 5. The quantitative estimate of drug-likeness (QED) is 0.610. The Morgan fingerprint density at radius 3 is 2.52 bits per heavy atom. The zero-order chi connectivity index (χ0) is 18.4. The van der Waals surface area contributed by atoms with Crippen LogP contribution in [0.4, 0.5) is 13.2 Å². The van der Waals surface area contributed by atoms with Gasteiger partial charge in [0.1, 0.15) is 6.73 Å². The van der Waals surface area contributed by atoms with E-state index in [0.717, 1.165) is 16.8 Å². The molecule has 132 valence electrons. The fourth-order valence-electron chi connectivity index (χ4n) is 1.75. The largest absolute Gasteiger partial charge is 0.416 e. The summed E-state index contributed by atoms with van der Waals surface area (Å²) in [6, 6.07) is 4.25. The number of aromatic nitrogens is 3. The van der Waals surface area contributed by atoms with Gasteiger partial charge in [0, 0.05) is 5.56 Å². The normalized spacial score (nSPS) is 11.0. The van der Waals surface area contributed by atoms with Crippen molar-refractivity contribution in [3.05, 3.63) is 47.0 Å². The van der Waals surface area contributed by atoms with Crippen molar-refractivity contribution in [1.29, 1.82) is 0 Å². The molecule has 0 radical (unpaired) electrons. The molecule has 1 heterocycles. The minimum absolute atomic E-state index is 0.0324. The van der Waals surface area contributed by atoms with E-state index in [1.807, 2.05) is 0 Å². The summed E-state index contributed by atoms with van der Waals surface area (Å²) in [7, 11) is 0. The first-order chi connectivity index (χ1) is 11.8. The minimum Gasteiger partial charge on any atom is -0.394 e. The number of nitrogens with zero attached hydrogens (tertiary/aromatic N) is 3. The molecule has 7 nitrogen and oxygen atoms in total. The first kappa shape index (κ1) is 18.4. The third kappa shape index (κ3) is 5.03. The predicted octanol–water partition coefficient (Wildman–Crippen LogP) is 0.762. The van der Waals surface area contributed by atoms with Gasteiger partial charge in [-0.05, 0) is 30.2 Å². The molecule has 1 aromatic carbocycles. The summed E-state index contributed by atoms with van der Waals surface area (Å²) >= 11 is 0. The molecule has 0 spiro atoms. The lowest BCUT2D eigenvalue weighted by molar-refractivity contribution is -0.137. The van der Waals surface area contributed by atoms with Gasteiger partial charge in [0.2, 0.25) is 11.6 Å². The maximum Gasteiger partial charge on any atom is 0.416 e. The van der Waals surface area contributed by atoms with Crippen LogP contribution in [0.1, 0.15) is 27.6 Å². The number of benzene rings is 1. The Morgan fingerprint density at radius 2 is 1.96 bits per heavy atom. The van der Waals surface area contributed by atoms with Crippen LogP contribution in [0.15, 0.2) is 24.3 Å². The number of rotatable bonds is 5. The second-order valence-electron chi connectivity index (χ2n) is 4.71. The Morgan fingerprint density at radius 1 is 1.28 bits per heavy atom. The van der Waals surface area contributed by atoms with E-state index in [0.29, 0.717) is 5.56 Å². The molecule has 10 heteroatoms. The summed E-state index contributed by atoms with van der Waals surface area (Å²) in [4.78, 5) is 15.2. The third-order valence-electron chi connectivity index (χ3n) is 2.87. The van der Waals surface area contributed by atoms with Crippen LogP contribution in [0.5, 0.6) is 0 Å².